The number of nitrogens with one attached hydrogen (secondary N) is 1. The fraction of sp³-hybridized carbons (Fsp3) is 0.278. The molecule has 120 valence electrons. The molecule has 5 heteroatoms. The van der Waals surface area contributed by atoms with Gasteiger partial charge in [0.2, 0.25) is 0 Å². The predicted octanol–water partition coefficient (Wildman–Crippen LogP) is 4.94. The lowest BCUT2D eigenvalue weighted by atomic mass is 9.97. The molecule has 0 spiro atoms. The van der Waals surface area contributed by atoms with Crippen LogP contribution in [-0.2, 0) is 6.42 Å². The minimum absolute atomic E-state index is 0.127. The first-order chi connectivity index (χ1) is 11.0. The summed E-state index contributed by atoms with van der Waals surface area (Å²) < 4.78 is 0. The second-order valence-electron chi connectivity index (χ2n) is 5.80. The van der Waals surface area contributed by atoms with Crippen molar-refractivity contribution in [1.82, 2.24) is 0 Å². The minimum atomic E-state index is -0.883. The molecule has 0 fully saturated rings. The van der Waals surface area contributed by atoms with E-state index in [1.165, 1.54) is 4.90 Å². The van der Waals surface area contributed by atoms with Crippen LogP contribution in [0.5, 0.6) is 0 Å². The highest BCUT2D eigenvalue weighted by Gasteiger charge is 2.22. The Labute approximate surface area is 140 Å². The van der Waals surface area contributed by atoms with Gasteiger partial charge in [-0.05, 0) is 61.2 Å². The molecule has 0 radical (unpaired) electrons. The van der Waals surface area contributed by atoms with Crippen molar-refractivity contribution in [3.05, 3.63) is 58.6 Å². The molecule has 1 unspecified atom stereocenters. The van der Waals surface area contributed by atoms with Crippen molar-refractivity contribution < 1.29 is 9.90 Å². The number of benzene rings is 2. The number of fused-ring (bicyclic) bond motifs is 1. The van der Waals surface area contributed by atoms with Gasteiger partial charge in [0.15, 0.2) is 0 Å². The number of rotatable bonds is 3. The molecule has 2 aromatic carbocycles. The van der Waals surface area contributed by atoms with E-state index in [1.807, 2.05) is 36.4 Å². The van der Waals surface area contributed by atoms with E-state index in [1.54, 1.807) is 0 Å². The molecule has 2 N–H and O–H groups in total. The van der Waals surface area contributed by atoms with E-state index in [-0.39, 0.29) is 6.04 Å². The van der Waals surface area contributed by atoms with Crippen LogP contribution in [0, 0.1) is 0 Å². The summed E-state index contributed by atoms with van der Waals surface area (Å²) in [6.45, 7) is 2.66. The lowest BCUT2D eigenvalue weighted by molar-refractivity contribution is 0.201. The van der Waals surface area contributed by atoms with Crippen LogP contribution in [0.3, 0.4) is 0 Å². The van der Waals surface area contributed by atoms with Crippen LogP contribution >= 0.6 is 11.6 Å². The summed E-state index contributed by atoms with van der Waals surface area (Å²) >= 11 is 5.90. The number of amides is 1. The van der Waals surface area contributed by atoms with Crippen molar-refractivity contribution >= 4 is 29.1 Å². The molecule has 0 aromatic heterocycles. The average molecular weight is 331 g/mol. The molecule has 1 atom stereocenters. The standard InChI is InChI=1S/C18H19ClN2O2/c1-12(20-16-7-5-15(19)6-8-16)13-4-9-17-14(11-13)3-2-10-21(17)18(22)23/h4-9,11-12,20H,2-3,10H2,1H3,(H,22,23). The highest BCUT2D eigenvalue weighted by molar-refractivity contribution is 6.30. The van der Waals surface area contributed by atoms with Crippen LogP contribution in [0.25, 0.3) is 0 Å². The van der Waals surface area contributed by atoms with Crippen LogP contribution in [0.1, 0.15) is 30.5 Å². The van der Waals surface area contributed by atoms with E-state index in [2.05, 4.69) is 18.3 Å². The fourth-order valence-electron chi connectivity index (χ4n) is 2.96. The van der Waals surface area contributed by atoms with Crippen molar-refractivity contribution in [3.8, 4) is 0 Å². The van der Waals surface area contributed by atoms with Crippen molar-refractivity contribution in [2.45, 2.75) is 25.8 Å². The number of carbonyl (C=O) groups is 1. The van der Waals surface area contributed by atoms with Gasteiger partial charge in [-0.2, -0.15) is 0 Å². The van der Waals surface area contributed by atoms with E-state index in [9.17, 15) is 9.90 Å². The Hall–Kier alpha value is -2.20. The zero-order valence-electron chi connectivity index (χ0n) is 12.9. The Balaban J connectivity index is 1.80. The molecule has 1 amide bonds. The highest BCUT2D eigenvalue weighted by Crippen LogP contribution is 2.31. The molecular weight excluding hydrogens is 312 g/mol. The summed E-state index contributed by atoms with van der Waals surface area (Å²) in [6.07, 6.45) is 0.897. The van der Waals surface area contributed by atoms with Crippen molar-refractivity contribution in [2.75, 3.05) is 16.8 Å². The number of hydrogen-bond acceptors (Lipinski definition) is 2. The van der Waals surface area contributed by atoms with Gasteiger partial charge >= 0.3 is 6.09 Å². The van der Waals surface area contributed by atoms with Gasteiger partial charge in [-0.3, -0.25) is 4.90 Å². The Kier molecular flexibility index (Phi) is 4.44. The van der Waals surface area contributed by atoms with Crippen LogP contribution in [0.4, 0.5) is 16.2 Å². The Morgan fingerprint density at radius 2 is 2.00 bits per heavy atom. The molecule has 1 aliphatic rings. The molecule has 3 rings (SSSR count). The van der Waals surface area contributed by atoms with Crippen LogP contribution in [-0.4, -0.2) is 17.7 Å². The van der Waals surface area contributed by atoms with E-state index in [0.29, 0.717) is 11.6 Å². The minimum Gasteiger partial charge on any atom is -0.465 e. The quantitative estimate of drug-likeness (QED) is 0.837. The summed E-state index contributed by atoms with van der Waals surface area (Å²) in [5, 5.41) is 13.4. The zero-order valence-corrected chi connectivity index (χ0v) is 13.7. The third-order valence-electron chi connectivity index (χ3n) is 4.18. The Bertz CT molecular complexity index is 715. The topological polar surface area (TPSA) is 52.6 Å². The van der Waals surface area contributed by atoms with Crippen LogP contribution < -0.4 is 10.2 Å². The van der Waals surface area contributed by atoms with Gasteiger partial charge in [0.1, 0.15) is 0 Å². The maximum atomic E-state index is 11.3. The third kappa shape index (κ3) is 3.42. The molecule has 0 bridgehead atoms. The van der Waals surface area contributed by atoms with Crippen molar-refractivity contribution in [1.29, 1.82) is 0 Å². The largest absolute Gasteiger partial charge is 0.465 e. The monoisotopic (exact) mass is 330 g/mol. The molecule has 23 heavy (non-hydrogen) atoms. The molecule has 1 heterocycles. The van der Waals surface area contributed by atoms with Gasteiger partial charge in [-0.1, -0.05) is 23.7 Å². The first kappa shape index (κ1) is 15.7. The van der Waals surface area contributed by atoms with Crippen LogP contribution in [0.15, 0.2) is 42.5 Å². The van der Waals surface area contributed by atoms with Crippen molar-refractivity contribution in [3.63, 3.8) is 0 Å². The van der Waals surface area contributed by atoms with Gasteiger partial charge < -0.3 is 10.4 Å². The van der Waals surface area contributed by atoms with Gasteiger partial charge in [-0.15, -0.1) is 0 Å². The summed E-state index contributed by atoms with van der Waals surface area (Å²) in [5.74, 6) is 0. The number of nitrogens with zero attached hydrogens (tertiary/aromatic N) is 1. The molecule has 2 aromatic rings. The Morgan fingerprint density at radius 1 is 1.26 bits per heavy atom. The molecule has 0 saturated carbocycles. The lowest BCUT2D eigenvalue weighted by Gasteiger charge is -2.28. The lowest BCUT2D eigenvalue weighted by Crippen LogP contribution is -2.34. The highest BCUT2D eigenvalue weighted by atomic mass is 35.5. The summed E-state index contributed by atoms with van der Waals surface area (Å²) in [5.41, 5.74) is 4.06. The van der Waals surface area contributed by atoms with Gasteiger partial charge in [-0.25, -0.2) is 4.79 Å². The van der Waals surface area contributed by atoms with Gasteiger partial charge in [0.05, 0.1) is 5.69 Å². The first-order valence-electron chi connectivity index (χ1n) is 7.70. The third-order valence-corrected chi connectivity index (χ3v) is 4.43. The molecule has 0 aliphatic carbocycles. The zero-order chi connectivity index (χ0) is 16.4. The van der Waals surface area contributed by atoms with E-state index >= 15 is 0 Å². The maximum absolute atomic E-state index is 11.3. The molecule has 1 aliphatic heterocycles. The van der Waals surface area contributed by atoms with E-state index < -0.39 is 6.09 Å². The fourth-order valence-corrected chi connectivity index (χ4v) is 3.09. The number of aryl methyl sites for hydroxylation is 1. The maximum Gasteiger partial charge on any atom is 0.411 e. The smallest absolute Gasteiger partial charge is 0.411 e. The second-order valence-corrected chi connectivity index (χ2v) is 6.24. The van der Waals surface area contributed by atoms with E-state index in [4.69, 9.17) is 11.6 Å². The summed E-state index contributed by atoms with van der Waals surface area (Å²) in [7, 11) is 0. The van der Waals surface area contributed by atoms with Gasteiger partial charge in [0, 0.05) is 23.3 Å². The Morgan fingerprint density at radius 3 is 2.70 bits per heavy atom. The molecule has 4 nitrogen and oxygen atoms in total. The van der Waals surface area contributed by atoms with Crippen molar-refractivity contribution in [2.24, 2.45) is 0 Å². The number of anilines is 2. The number of hydrogen-bond donors (Lipinski definition) is 2. The van der Waals surface area contributed by atoms with Gasteiger partial charge in [0.25, 0.3) is 0 Å². The summed E-state index contributed by atoms with van der Waals surface area (Å²) in [6, 6.07) is 13.8. The molecular formula is C18H19ClN2O2. The first-order valence-corrected chi connectivity index (χ1v) is 8.08. The normalized spacial score (nSPS) is 15.0. The second kappa shape index (κ2) is 6.50. The summed E-state index contributed by atoms with van der Waals surface area (Å²) in [4.78, 5) is 12.7. The SMILES string of the molecule is CC(Nc1ccc(Cl)cc1)c1ccc2c(c1)CCCN2C(=O)O. The van der Waals surface area contributed by atoms with Crippen LogP contribution in [0.2, 0.25) is 5.02 Å². The number of halogens is 1. The average Bonchev–Trinajstić information content (AvgIpc) is 2.55. The predicted molar refractivity (Wildman–Crippen MR) is 93.6 cm³/mol. The van der Waals surface area contributed by atoms with E-state index in [0.717, 1.165) is 35.3 Å². The number of carboxylic acid groups (broad SMARTS) is 1. The molecule has 0 saturated heterocycles.